The molecule has 1 saturated heterocycles. The van der Waals surface area contributed by atoms with Crippen LogP contribution in [0.3, 0.4) is 0 Å². The van der Waals surface area contributed by atoms with Crippen LogP contribution in [0.1, 0.15) is 45.7 Å². The van der Waals surface area contributed by atoms with Crippen molar-refractivity contribution in [2.75, 3.05) is 37.9 Å². The smallest absolute Gasteiger partial charge is 0.376 e. The molecule has 0 atom stereocenters. The Kier molecular flexibility index (Phi) is 8.46. The third-order valence-electron chi connectivity index (χ3n) is 6.16. The summed E-state index contributed by atoms with van der Waals surface area (Å²) in [7, 11) is 2.91. The van der Waals surface area contributed by atoms with E-state index in [-0.39, 0.29) is 5.82 Å². The molecule has 0 radical (unpaired) electrons. The SMILES string of the molecule is COC(=O)c1nc(NCc2ccc(CN3CCCC3)cc2)c(C=N)c(NCc2ccc(OC)cc2)n1. The molecule has 0 unspecified atom stereocenters. The average Bonchev–Trinajstić information content (AvgIpc) is 3.44. The van der Waals surface area contributed by atoms with Gasteiger partial charge >= 0.3 is 5.97 Å². The van der Waals surface area contributed by atoms with Crippen LogP contribution < -0.4 is 15.4 Å². The first-order valence-corrected chi connectivity index (χ1v) is 12.0. The van der Waals surface area contributed by atoms with Crippen molar-refractivity contribution in [1.29, 1.82) is 5.41 Å². The molecule has 9 nitrogen and oxygen atoms in total. The van der Waals surface area contributed by atoms with Crippen LogP contribution in [0.25, 0.3) is 0 Å². The van der Waals surface area contributed by atoms with Crippen molar-refractivity contribution in [3.8, 4) is 5.75 Å². The predicted octanol–water partition coefficient (Wildman–Crippen LogP) is 4.09. The summed E-state index contributed by atoms with van der Waals surface area (Å²) in [5.74, 6) is 0.806. The molecule has 0 saturated carbocycles. The van der Waals surface area contributed by atoms with E-state index in [1.54, 1.807) is 7.11 Å². The summed E-state index contributed by atoms with van der Waals surface area (Å²) in [5.41, 5.74) is 3.82. The Morgan fingerprint density at radius 1 is 0.917 bits per heavy atom. The molecule has 0 bridgehead atoms. The van der Waals surface area contributed by atoms with E-state index >= 15 is 0 Å². The topological polar surface area (TPSA) is 112 Å². The zero-order valence-electron chi connectivity index (χ0n) is 20.7. The highest BCUT2D eigenvalue weighted by molar-refractivity contribution is 5.93. The number of aromatic nitrogens is 2. The fourth-order valence-corrected chi connectivity index (χ4v) is 4.13. The molecule has 2 aromatic carbocycles. The zero-order chi connectivity index (χ0) is 25.3. The minimum Gasteiger partial charge on any atom is -0.497 e. The first-order chi connectivity index (χ1) is 17.6. The highest BCUT2D eigenvalue weighted by Crippen LogP contribution is 2.22. The van der Waals surface area contributed by atoms with Crippen LogP contribution in [0.4, 0.5) is 11.6 Å². The molecule has 0 aliphatic carbocycles. The van der Waals surface area contributed by atoms with Gasteiger partial charge in [0.25, 0.3) is 0 Å². The number of benzene rings is 2. The molecule has 3 N–H and O–H groups in total. The van der Waals surface area contributed by atoms with Crippen LogP contribution >= 0.6 is 0 Å². The number of hydrogen-bond donors (Lipinski definition) is 3. The maximum absolute atomic E-state index is 12.2. The van der Waals surface area contributed by atoms with Crippen LogP contribution in [0, 0.1) is 5.41 Å². The highest BCUT2D eigenvalue weighted by atomic mass is 16.5. The Morgan fingerprint density at radius 2 is 1.44 bits per heavy atom. The quantitative estimate of drug-likeness (QED) is 0.273. The van der Waals surface area contributed by atoms with Gasteiger partial charge in [0.2, 0.25) is 5.82 Å². The lowest BCUT2D eigenvalue weighted by Crippen LogP contribution is -2.18. The van der Waals surface area contributed by atoms with E-state index in [9.17, 15) is 4.79 Å². The number of rotatable bonds is 11. The van der Waals surface area contributed by atoms with E-state index in [0.29, 0.717) is 30.3 Å². The summed E-state index contributed by atoms with van der Waals surface area (Å²) in [6.07, 6.45) is 3.74. The van der Waals surface area contributed by atoms with Crippen LogP contribution in [0.2, 0.25) is 0 Å². The molecule has 2 heterocycles. The number of ether oxygens (including phenoxy) is 2. The average molecular weight is 489 g/mol. The zero-order valence-corrected chi connectivity index (χ0v) is 20.7. The molecular weight excluding hydrogens is 456 g/mol. The summed E-state index contributed by atoms with van der Waals surface area (Å²) < 4.78 is 10.0. The number of nitrogens with one attached hydrogen (secondary N) is 3. The molecule has 4 rings (SSSR count). The van der Waals surface area contributed by atoms with Crippen LogP contribution in [0.5, 0.6) is 5.75 Å². The summed E-state index contributed by atoms with van der Waals surface area (Å²) in [4.78, 5) is 23.4. The number of anilines is 2. The van der Waals surface area contributed by atoms with Crippen molar-refractivity contribution in [3.63, 3.8) is 0 Å². The van der Waals surface area contributed by atoms with E-state index in [4.69, 9.17) is 14.9 Å². The second-order valence-electron chi connectivity index (χ2n) is 8.65. The first-order valence-electron chi connectivity index (χ1n) is 12.0. The van der Waals surface area contributed by atoms with Gasteiger partial charge in [0.1, 0.15) is 17.4 Å². The monoisotopic (exact) mass is 488 g/mol. The van der Waals surface area contributed by atoms with Crippen molar-refractivity contribution in [3.05, 3.63) is 76.6 Å². The number of methoxy groups -OCH3 is 2. The molecule has 0 amide bonds. The molecule has 36 heavy (non-hydrogen) atoms. The van der Waals surface area contributed by atoms with Gasteiger partial charge in [-0.25, -0.2) is 14.8 Å². The van der Waals surface area contributed by atoms with E-state index in [1.807, 2.05) is 24.3 Å². The lowest BCUT2D eigenvalue weighted by atomic mass is 10.1. The van der Waals surface area contributed by atoms with Crippen molar-refractivity contribution >= 4 is 23.8 Å². The van der Waals surface area contributed by atoms with Gasteiger partial charge in [-0.15, -0.1) is 0 Å². The normalized spacial score (nSPS) is 13.3. The molecule has 0 spiro atoms. The van der Waals surface area contributed by atoms with Crippen molar-refractivity contribution in [2.45, 2.75) is 32.5 Å². The second kappa shape index (κ2) is 12.1. The largest absolute Gasteiger partial charge is 0.497 e. The van der Waals surface area contributed by atoms with Gasteiger partial charge in [-0.2, -0.15) is 0 Å². The van der Waals surface area contributed by atoms with Gasteiger partial charge in [-0.05, 0) is 54.8 Å². The molecule has 1 aliphatic heterocycles. The molecule has 188 valence electrons. The summed E-state index contributed by atoms with van der Waals surface area (Å²) >= 11 is 0. The molecule has 1 fully saturated rings. The van der Waals surface area contributed by atoms with Crippen molar-refractivity contribution in [1.82, 2.24) is 14.9 Å². The third-order valence-corrected chi connectivity index (χ3v) is 6.16. The standard InChI is InChI=1S/C27H32N6O3/c1-35-22-11-9-20(10-12-22)17-30-25-23(15-28)24(31-26(32-25)27(34)36-2)29-16-19-5-7-21(8-6-19)18-33-13-3-4-14-33/h5-12,15,28H,3-4,13-14,16-18H2,1-2H3,(H2,29,30,31,32). The number of carbonyl (C=O) groups excluding carboxylic acids is 1. The fourth-order valence-electron chi connectivity index (χ4n) is 4.13. The summed E-state index contributed by atoms with van der Waals surface area (Å²) in [5, 5.41) is 14.5. The molecular formula is C27H32N6O3. The third kappa shape index (κ3) is 6.37. The van der Waals surface area contributed by atoms with Crippen molar-refractivity contribution < 1.29 is 14.3 Å². The highest BCUT2D eigenvalue weighted by Gasteiger charge is 2.18. The van der Waals surface area contributed by atoms with E-state index in [0.717, 1.165) is 23.4 Å². The van der Waals surface area contributed by atoms with Gasteiger partial charge in [-0.3, -0.25) is 4.90 Å². The van der Waals surface area contributed by atoms with Crippen LogP contribution in [-0.4, -0.2) is 54.4 Å². The van der Waals surface area contributed by atoms with Gasteiger partial charge in [0, 0.05) is 25.8 Å². The Bertz CT molecular complexity index is 1180. The van der Waals surface area contributed by atoms with Gasteiger partial charge < -0.3 is 25.5 Å². The number of carbonyl (C=O) groups is 1. The Balaban J connectivity index is 1.49. The Labute approximate surface area is 211 Å². The lowest BCUT2D eigenvalue weighted by molar-refractivity contribution is 0.0587. The number of nitrogens with zero attached hydrogens (tertiary/aromatic N) is 3. The lowest BCUT2D eigenvalue weighted by Gasteiger charge is -2.16. The Morgan fingerprint density at radius 3 is 1.94 bits per heavy atom. The van der Waals surface area contributed by atoms with E-state index < -0.39 is 5.97 Å². The molecule has 9 heteroatoms. The van der Waals surface area contributed by atoms with Crippen LogP contribution in [0.15, 0.2) is 48.5 Å². The first kappa shape index (κ1) is 25.1. The Hall–Kier alpha value is -3.98. The minimum atomic E-state index is -0.645. The second-order valence-corrected chi connectivity index (χ2v) is 8.65. The molecule has 1 aliphatic rings. The minimum absolute atomic E-state index is 0.0798. The number of likely N-dealkylation sites (tertiary alicyclic amines) is 1. The van der Waals surface area contributed by atoms with Gasteiger partial charge in [0.15, 0.2) is 0 Å². The van der Waals surface area contributed by atoms with E-state index in [1.165, 1.54) is 44.8 Å². The molecule has 3 aromatic rings. The molecule has 1 aromatic heterocycles. The van der Waals surface area contributed by atoms with Gasteiger partial charge in [0.05, 0.1) is 19.8 Å². The fraction of sp³-hybridized carbons (Fsp3) is 0.333. The summed E-state index contributed by atoms with van der Waals surface area (Å²) in [6, 6.07) is 16.1. The number of hydrogen-bond acceptors (Lipinski definition) is 9. The number of esters is 1. The van der Waals surface area contributed by atoms with Crippen LogP contribution in [-0.2, 0) is 24.4 Å². The van der Waals surface area contributed by atoms with E-state index in [2.05, 4.69) is 49.8 Å². The maximum atomic E-state index is 12.2. The van der Waals surface area contributed by atoms with Gasteiger partial charge in [-0.1, -0.05) is 36.4 Å². The predicted molar refractivity (Wildman–Crippen MR) is 140 cm³/mol. The summed E-state index contributed by atoms with van der Waals surface area (Å²) in [6.45, 7) is 4.24. The maximum Gasteiger partial charge on any atom is 0.376 e. The van der Waals surface area contributed by atoms with Crippen molar-refractivity contribution in [2.24, 2.45) is 0 Å².